The molecular formula is C20H35N5O. The molecule has 1 aliphatic rings. The molecule has 146 valence electrons. The number of nitrogens with zero attached hydrogens (tertiary/aromatic N) is 3. The molecule has 1 saturated heterocycles. The van der Waals surface area contributed by atoms with E-state index in [9.17, 15) is 0 Å². The van der Waals surface area contributed by atoms with Gasteiger partial charge in [0.25, 0.3) is 0 Å². The molecule has 6 heteroatoms. The average Bonchev–Trinajstić information content (AvgIpc) is 2.63. The van der Waals surface area contributed by atoms with E-state index in [1.165, 1.54) is 11.1 Å². The summed E-state index contributed by atoms with van der Waals surface area (Å²) in [6.45, 7) is 10.7. The van der Waals surface area contributed by atoms with E-state index in [0.717, 1.165) is 51.9 Å². The standard InChI is InChI=1S/C20H35N5O/c1-20(2,24(4)5)16-23-19(21-3)22-14-17-8-6-7-9-18(17)15-25-10-12-26-13-11-25/h6-9H,10-16H2,1-5H3,(H2,21,22,23). The van der Waals surface area contributed by atoms with Crippen LogP contribution in [0.3, 0.4) is 0 Å². The van der Waals surface area contributed by atoms with Gasteiger partial charge < -0.3 is 20.3 Å². The van der Waals surface area contributed by atoms with Gasteiger partial charge in [0.05, 0.1) is 13.2 Å². The lowest BCUT2D eigenvalue weighted by Crippen LogP contribution is -2.50. The zero-order valence-corrected chi connectivity index (χ0v) is 17.0. The minimum absolute atomic E-state index is 0.0614. The lowest BCUT2D eigenvalue weighted by atomic mass is 10.0. The molecule has 2 N–H and O–H groups in total. The first-order chi connectivity index (χ1) is 12.4. The van der Waals surface area contributed by atoms with E-state index >= 15 is 0 Å². The third-order valence-corrected chi connectivity index (χ3v) is 5.19. The maximum absolute atomic E-state index is 5.45. The molecule has 0 bridgehead atoms. The molecule has 26 heavy (non-hydrogen) atoms. The number of ether oxygens (including phenoxy) is 1. The number of morpholine rings is 1. The molecule has 0 aromatic heterocycles. The minimum Gasteiger partial charge on any atom is -0.379 e. The summed E-state index contributed by atoms with van der Waals surface area (Å²) in [6, 6.07) is 8.63. The van der Waals surface area contributed by atoms with Gasteiger partial charge in [0.15, 0.2) is 5.96 Å². The van der Waals surface area contributed by atoms with Gasteiger partial charge in [0, 0.05) is 45.3 Å². The Labute approximate surface area is 158 Å². The Morgan fingerprint density at radius 2 is 1.81 bits per heavy atom. The molecule has 0 amide bonds. The van der Waals surface area contributed by atoms with Crippen molar-refractivity contribution < 1.29 is 4.74 Å². The summed E-state index contributed by atoms with van der Waals surface area (Å²) >= 11 is 0. The van der Waals surface area contributed by atoms with E-state index in [2.05, 4.69) is 77.6 Å². The van der Waals surface area contributed by atoms with Crippen molar-refractivity contribution in [2.75, 3.05) is 54.0 Å². The fourth-order valence-corrected chi connectivity index (χ4v) is 2.74. The number of hydrogen-bond acceptors (Lipinski definition) is 4. The molecule has 1 aromatic rings. The molecule has 1 heterocycles. The van der Waals surface area contributed by atoms with Gasteiger partial charge in [-0.2, -0.15) is 0 Å². The summed E-state index contributed by atoms with van der Waals surface area (Å²) in [4.78, 5) is 9.03. The lowest BCUT2D eigenvalue weighted by molar-refractivity contribution is 0.0341. The number of guanidine groups is 1. The highest BCUT2D eigenvalue weighted by atomic mass is 16.5. The third kappa shape index (κ3) is 6.27. The summed E-state index contributed by atoms with van der Waals surface area (Å²) < 4.78 is 5.45. The summed E-state index contributed by atoms with van der Waals surface area (Å²) in [5.41, 5.74) is 2.74. The van der Waals surface area contributed by atoms with E-state index < -0.39 is 0 Å². The van der Waals surface area contributed by atoms with Crippen molar-refractivity contribution in [3.63, 3.8) is 0 Å². The number of hydrogen-bond donors (Lipinski definition) is 2. The Kier molecular flexibility index (Phi) is 7.87. The quantitative estimate of drug-likeness (QED) is 0.570. The number of likely N-dealkylation sites (N-methyl/N-ethyl adjacent to an activating group) is 1. The largest absolute Gasteiger partial charge is 0.379 e. The fraction of sp³-hybridized carbons (Fsp3) is 0.650. The fourth-order valence-electron chi connectivity index (χ4n) is 2.74. The van der Waals surface area contributed by atoms with Crippen molar-refractivity contribution in [2.24, 2.45) is 4.99 Å². The van der Waals surface area contributed by atoms with Gasteiger partial charge in [-0.25, -0.2) is 0 Å². The zero-order valence-electron chi connectivity index (χ0n) is 17.0. The van der Waals surface area contributed by atoms with Gasteiger partial charge in [-0.15, -0.1) is 0 Å². The highest BCUT2D eigenvalue weighted by Crippen LogP contribution is 2.13. The van der Waals surface area contributed by atoms with Gasteiger partial charge in [0.1, 0.15) is 0 Å². The Balaban J connectivity index is 1.91. The van der Waals surface area contributed by atoms with Crippen LogP contribution in [0.2, 0.25) is 0 Å². The third-order valence-electron chi connectivity index (χ3n) is 5.19. The predicted molar refractivity (Wildman–Crippen MR) is 109 cm³/mol. The molecule has 1 fully saturated rings. The first-order valence-electron chi connectivity index (χ1n) is 9.41. The van der Waals surface area contributed by atoms with Gasteiger partial charge in [-0.1, -0.05) is 24.3 Å². The van der Waals surface area contributed by atoms with Gasteiger partial charge in [0.2, 0.25) is 0 Å². The SMILES string of the molecule is CN=C(NCc1ccccc1CN1CCOCC1)NCC(C)(C)N(C)C. The molecule has 0 aliphatic carbocycles. The number of aliphatic imine (C=N–C) groups is 1. The zero-order chi connectivity index (χ0) is 19.0. The lowest BCUT2D eigenvalue weighted by Gasteiger charge is -2.33. The molecule has 1 aromatic carbocycles. The van der Waals surface area contributed by atoms with Crippen LogP contribution in [0.4, 0.5) is 0 Å². The van der Waals surface area contributed by atoms with Crippen molar-refractivity contribution in [3.8, 4) is 0 Å². The van der Waals surface area contributed by atoms with Gasteiger partial charge >= 0.3 is 0 Å². The van der Waals surface area contributed by atoms with Crippen LogP contribution >= 0.6 is 0 Å². The van der Waals surface area contributed by atoms with E-state index in [1.54, 1.807) is 0 Å². The smallest absolute Gasteiger partial charge is 0.191 e. The topological polar surface area (TPSA) is 52.1 Å². The summed E-state index contributed by atoms with van der Waals surface area (Å²) in [7, 11) is 6.01. The molecular weight excluding hydrogens is 326 g/mol. The molecule has 0 spiro atoms. The Hall–Kier alpha value is -1.63. The van der Waals surface area contributed by atoms with Crippen LogP contribution in [-0.2, 0) is 17.8 Å². The summed E-state index contributed by atoms with van der Waals surface area (Å²) in [5.74, 6) is 0.834. The molecule has 0 unspecified atom stereocenters. The van der Waals surface area contributed by atoms with Gasteiger partial charge in [-0.3, -0.25) is 9.89 Å². The Bertz CT molecular complexity index is 579. The van der Waals surface area contributed by atoms with Crippen LogP contribution in [0.1, 0.15) is 25.0 Å². The Morgan fingerprint density at radius 3 is 2.42 bits per heavy atom. The van der Waals surface area contributed by atoms with Crippen LogP contribution < -0.4 is 10.6 Å². The van der Waals surface area contributed by atoms with Crippen LogP contribution in [0.5, 0.6) is 0 Å². The van der Waals surface area contributed by atoms with Crippen LogP contribution in [0.15, 0.2) is 29.3 Å². The Morgan fingerprint density at radius 1 is 1.15 bits per heavy atom. The van der Waals surface area contributed by atoms with Crippen molar-refractivity contribution in [2.45, 2.75) is 32.5 Å². The second-order valence-electron chi connectivity index (χ2n) is 7.64. The maximum Gasteiger partial charge on any atom is 0.191 e. The van der Waals surface area contributed by atoms with Crippen molar-refractivity contribution >= 4 is 5.96 Å². The number of rotatable bonds is 7. The molecule has 0 atom stereocenters. The summed E-state index contributed by atoms with van der Waals surface area (Å²) in [6.07, 6.45) is 0. The summed E-state index contributed by atoms with van der Waals surface area (Å²) in [5, 5.41) is 6.88. The maximum atomic E-state index is 5.45. The second kappa shape index (κ2) is 9.90. The van der Waals surface area contributed by atoms with Crippen LogP contribution in [0.25, 0.3) is 0 Å². The van der Waals surface area contributed by atoms with E-state index in [0.29, 0.717) is 0 Å². The molecule has 0 saturated carbocycles. The van der Waals surface area contributed by atoms with Crippen LogP contribution in [0, 0.1) is 0 Å². The van der Waals surface area contributed by atoms with Gasteiger partial charge in [-0.05, 0) is 39.1 Å². The molecule has 6 nitrogen and oxygen atoms in total. The normalized spacial score (nSPS) is 16.8. The minimum atomic E-state index is 0.0614. The molecule has 1 aliphatic heterocycles. The first-order valence-corrected chi connectivity index (χ1v) is 9.41. The first kappa shape index (κ1) is 20.7. The molecule has 0 radical (unpaired) electrons. The highest BCUT2D eigenvalue weighted by Gasteiger charge is 2.20. The van der Waals surface area contributed by atoms with Crippen molar-refractivity contribution in [1.82, 2.24) is 20.4 Å². The predicted octanol–water partition coefficient (Wildman–Crippen LogP) is 1.52. The highest BCUT2D eigenvalue weighted by molar-refractivity contribution is 5.79. The number of benzene rings is 1. The molecule has 2 rings (SSSR count). The number of nitrogens with one attached hydrogen (secondary N) is 2. The van der Waals surface area contributed by atoms with E-state index in [4.69, 9.17) is 4.74 Å². The monoisotopic (exact) mass is 361 g/mol. The van der Waals surface area contributed by atoms with E-state index in [-0.39, 0.29) is 5.54 Å². The van der Waals surface area contributed by atoms with E-state index in [1.807, 2.05) is 7.05 Å². The second-order valence-corrected chi connectivity index (χ2v) is 7.64. The van der Waals surface area contributed by atoms with Crippen LogP contribution in [-0.4, -0.2) is 75.3 Å². The van der Waals surface area contributed by atoms with Crippen molar-refractivity contribution in [3.05, 3.63) is 35.4 Å². The van der Waals surface area contributed by atoms with Crippen molar-refractivity contribution in [1.29, 1.82) is 0 Å². The average molecular weight is 362 g/mol.